The van der Waals surface area contributed by atoms with Crippen molar-refractivity contribution in [2.75, 3.05) is 6.61 Å². The molecule has 0 saturated carbocycles. The molecule has 0 radical (unpaired) electrons. The second-order valence-corrected chi connectivity index (χ2v) is 5.80. The van der Waals surface area contributed by atoms with Crippen LogP contribution in [0.25, 0.3) is 0 Å². The number of hydrogen-bond acceptors (Lipinski definition) is 3. The van der Waals surface area contributed by atoms with Crippen LogP contribution in [0.3, 0.4) is 0 Å². The number of ether oxygens (including phenoxy) is 2. The SMILES string of the molecule is Cc1cc(OCC(=O)Oc2ccc(C(C)C)cc2)ccc1Cl. The van der Waals surface area contributed by atoms with E-state index in [0.29, 0.717) is 22.4 Å². The summed E-state index contributed by atoms with van der Waals surface area (Å²) in [5, 5.41) is 0.667. The molecule has 0 heterocycles. The van der Waals surface area contributed by atoms with E-state index in [1.54, 1.807) is 30.3 Å². The standard InChI is InChI=1S/C18H19ClO3/c1-12(2)14-4-6-15(7-5-14)22-18(20)11-21-16-8-9-17(19)13(3)10-16/h4-10,12H,11H2,1-3H3. The molecule has 4 heteroatoms. The second-order valence-electron chi connectivity index (χ2n) is 5.40. The highest BCUT2D eigenvalue weighted by molar-refractivity contribution is 6.31. The maximum Gasteiger partial charge on any atom is 0.349 e. The van der Waals surface area contributed by atoms with Crippen molar-refractivity contribution in [3.8, 4) is 11.5 Å². The van der Waals surface area contributed by atoms with Gasteiger partial charge in [0.05, 0.1) is 0 Å². The molecule has 0 fully saturated rings. The molecule has 2 aromatic rings. The zero-order chi connectivity index (χ0) is 16.1. The number of hydrogen-bond donors (Lipinski definition) is 0. The quantitative estimate of drug-likeness (QED) is 0.589. The zero-order valence-corrected chi connectivity index (χ0v) is 13.7. The van der Waals surface area contributed by atoms with Crippen molar-refractivity contribution < 1.29 is 14.3 Å². The molecule has 0 aliphatic carbocycles. The summed E-state index contributed by atoms with van der Waals surface area (Å²) in [5.41, 5.74) is 2.10. The monoisotopic (exact) mass is 318 g/mol. The lowest BCUT2D eigenvalue weighted by molar-refractivity contribution is -0.136. The van der Waals surface area contributed by atoms with Crippen LogP contribution in [0.1, 0.15) is 30.9 Å². The van der Waals surface area contributed by atoms with Crippen LogP contribution in [0, 0.1) is 6.92 Å². The Bertz CT molecular complexity index is 648. The predicted octanol–water partition coefficient (Wildman–Crippen LogP) is 4.76. The number of carbonyl (C=O) groups excluding carboxylic acids is 1. The van der Waals surface area contributed by atoms with E-state index in [1.807, 2.05) is 19.1 Å². The van der Waals surface area contributed by atoms with Crippen molar-refractivity contribution in [2.45, 2.75) is 26.7 Å². The molecule has 2 rings (SSSR count). The Balaban J connectivity index is 1.88. The van der Waals surface area contributed by atoms with E-state index < -0.39 is 5.97 Å². The van der Waals surface area contributed by atoms with Crippen molar-refractivity contribution in [3.05, 3.63) is 58.6 Å². The molecule has 0 atom stereocenters. The lowest BCUT2D eigenvalue weighted by Gasteiger charge is -2.09. The summed E-state index contributed by atoms with van der Waals surface area (Å²) in [4.78, 5) is 11.8. The maximum atomic E-state index is 11.8. The normalized spacial score (nSPS) is 10.6. The first-order chi connectivity index (χ1) is 10.5. The third kappa shape index (κ3) is 4.50. The summed E-state index contributed by atoms with van der Waals surface area (Å²) in [5.74, 6) is 1.12. The van der Waals surface area contributed by atoms with Crippen LogP contribution in [0.2, 0.25) is 5.02 Å². The fourth-order valence-corrected chi connectivity index (χ4v) is 2.05. The average Bonchev–Trinajstić information content (AvgIpc) is 2.49. The Kier molecular flexibility index (Phi) is 5.45. The van der Waals surface area contributed by atoms with E-state index >= 15 is 0 Å². The van der Waals surface area contributed by atoms with Gasteiger partial charge in [0.25, 0.3) is 0 Å². The fraction of sp³-hybridized carbons (Fsp3) is 0.278. The molecule has 3 nitrogen and oxygen atoms in total. The molecule has 0 unspecified atom stereocenters. The Labute approximate surface area is 135 Å². The number of aryl methyl sites for hydroxylation is 1. The highest BCUT2D eigenvalue weighted by Crippen LogP contribution is 2.21. The lowest BCUT2D eigenvalue weighted by atomic mass is 10.0. The third-order valence-electron chi connectivity index (χ3n) is 3.26. The van der Waals surface area contributed by atoms with Gasteiger partial charge in [-0.1, -0.05) is 37.6 Å². The maximum absolute atomic E-state index is 11.8. The van der Waals surface area contributed by atoms with E-state index in [4.69, 9.17) is 21.1 Å². The minimum absolute atomic E-state index is 0.146. The highest BCUT2D eigenvalue weighted by Gasteiger charge is 2.07. The van der Waals surface area contributed by atoms with Gasteiger partial charge in [-0.3, -0.25) is 0 Å². The van der Waals surface area contributed by atoms with Crippen molar-refractivity contribution in [1.29, 1.82) is 0 Å². The number of carbonyl (C=O) groups is 1. The third-order valence-corrected chi connectivity index (χ3v) is 3.69. The molecule has 116 valence electrons. The summed E-state index contributed by atoms with van der Waals surface area (Å²) in [6, 6.07) is 12.7. The summed E-state index contributed by atoms with van der Waals surface area (Å²) in [6.45, 7) is 5.96. The average molecular weight is 319 g/mol. The molecule has 0 saturated heterocycles. The number of rotatable bonds is 5. The van der Waals surface area contributed by atoms with E-state index in [0.717, 1.165) is 5.56 Å². The lowest BCUT2D eigenvalue weighted by Crippen LogP contribution is -2.17. The van der Waals surface area contributed by atoms with Crippen LogP contribution < -0.4 is 9.47 Å². The Morgan fingerprint density at radius 2 is 1.73 bits per heavy atom. The molecule has 0 aliphatic rings. The van der Waals surface area contributed by atoms with Gasteiger partial charge in [-0.2, -0.15) is 0 Å². The Morgan fingerprint density at radius 3 is 2.32 bits per heavy atom. The van der Waals surface area contributed by atoms with Crippen LogP contribution in [0.5, 0.6) is 11.5 Å². The van der Waals surface area contributed by atoms with E-state index in [1.165, 1.54) is 5.56 Å². The fourth-order valence-electron chi connectivity index (χ4n) is 1.93. The molecular weight excluding hydrogens is 300 g/mol. The van der Waals surface area contributed by atoms with E-state index in [2.05, 4.69) is 13.8 Å². The van der Waals surface area contributed by atoms with Gasteiger partial charge in [-0.15, -0.1) is 0 Å². The summed E-state index contributed by atoms with van der Waals surface area (Å²) >= 11 is 5.94. The molecule has 0 spiro atoms. The molecule has 0 amide bonds. The van der Waals surface area contributed by atoms with Crippen molar-refractivity contribution in [1.82, 2.24) is 0 Å². The van der Waals surface area contributed by atoms with Gasteiger partial charge >= 0.3 is 5.97 Å². The van der Waals surface area contributed by atoms with Gasteiger partial charge in [0, 0.05) is 5.02 Å². The summed E-state index contributed by atoms with van der Waals surface area (Å²) < 4.78 is 10.6. The second kappa shape index (κ2) is 7.32. The first-order valence-corrected chi connectivity index (χ1v) is 7.53. The Morgan fingerprint density at radius 1 is 1.09 bits per heavy atom. The van der Waals surface area contributed by atoms with Crippen LogP contribution in [0.15, 0.2) is 42.5 Å². The summed E-state index contributed by atoms with van der Waals surface area (Å²) in [7, 11) is 0. The molecular formula is C18H19ClO3. The van der Waals surface area contributed by atoms with Crippen LogP contribution in [-0.2, 0) is 4.79 Å². The predicted molar refractivity (Wildman–Crippen MR) is 87.9 cm³/mol. The van der Waals surface area contributed by atoms with E-state index in [-0.39, 0.29) is 6.61 Å². The molecule has 0 N–H and O–H groups in total. The topological polar surface area (TPSA) is 35.5 Å². The van der Waals surface area contributed by atoms with Gasteiger partial charge in [0.15, 0.2) is 6.61 Å². The van der Waals surface area contributed by atoms with Crippen LogP contribution in [0.4, 0.5) is 0 Å². The first kappa shape index (κ1) is 16.4. The first-order valence-electron chi connectivity index (χ1n) is 7.15. The molecule has 22 heavy (non-hydrogen) atoms. The minimum atomic E-state index is -0.440. The van der Waals surface area contributed by atoms with E-state index in [9.17, 15) is 4.79 Å². The minimum Gasteiger partial charge on any atom is -0.482 e. The van der Waals surface area contributed by atoms with Gasteiger partial charge in [-0.05, 0) is 54.3 Å². The summed E-state index contributed by atoms with van der Waals surface area (Å²) in [6.07, 6.45) is 0. The Hall–Kier alpha value is -2.00. The number of benzene rings is 2. The number of halogens is 1. The molecule has 0 bridgehead atoms. The molecule has 2 aromatic carbocycles. The highest BCUT2D eigenvalue weighted by atomic mass is 35.5. The van der Waals surface area contributed by atoms with Crippen LogP contribution in [-0.4, -0.2) is 12.6 Å². The van der Waals surface area contributed by atoms with Gasteiger partial charge in [-0.25, -0.2) is 4.79 Å². The van der Waals surface area contributed by atoms with Gasteiger partial charge in [0.2, 0.25) is 0 Å². The molecule has 0 aromatic heterocycles. The largest absolute Gasteiger partial charge is 0.482 e. The van der Waals surface area contributed by atoms with Gasteiger partial charge < -0.3 is 9.47 Å². The molecule has 0 aliphatic heterocycles. The van der Waals surface area contributed by atoms with Crippen LogP contribution >= 0.6 is 11.6 Å². The number of esters is 1. The smallest absolute Gasteiger partial charge is 0.349 e. The van der Waals surface area contributed by atoms with Crippen molar-refractivity contribution in [2.24, 2.45) is 0 Å². The van der Waals surface area contributed by atoms with Crippen molar-refractivity contribution in [3.63, 3.8) is 0 Å². The van der Waals surface area contributed by atoms with Crippen molar-refractivity contribution >= 4 is 17.6 Å². The van der Waals surface area contributed by atoms with Gasteiger partial charge in [0.1, 0.15) is 11.5 Å². The zero-order valence-electron chi connectivity index (χ0n) is 12.9.